The molecule has 3 aromatic rings. The molecule has 0 bridgehead atoms. The number of benzene rings is 3. The lowest BCUT2D eigenvalue weighted by atomic mass is 10.0. The normalized spacial score (nSPS) is 10.4. The summed E-state index contributed by atoms with van der Waals surface area (Å²) >= 11 is 6.56. The number of Topliss-reactive ketones (excluding diaryl/α,β-unsaturated/α-hetero) is 1. The third-order valence-electron chi connectivity index (χ3n) is 3.96. The van der Waals surface area contributed by atoms with Gasteiger partial charge in [-0.15, -0.1) is 0 Å². The van der Waals surface area contributed by atoms with Gasteiger partial charge in [0.2, 0.25) is 0 Å². The van der Waals surface area contributed by atoms with Crippen LogP contribution in [0.15, 0.2) is 75.7 Å². The van der Waals surface area contributed by atoms with Crippen LogP contribution in [0.4, 0.5) is 5.69 Å². The van der Waals surface area contributed by atoms with E-state index >= 15 is 0 Å². The molecule has 0 radical (unpaired) electrons. The molecule has 0 unspecified atom stereocenters. The summed E-state index contributed by atoms with van der Waals surface area (Å²) in [6, 6.07) is 20.2. The number of nitrogens with two attached hydrogens (primary N) is 1. The van der Waals surface area contributed by atoms with Crippen molar-refractivity contribution in [1.29, 1.82) is 0 Å². The van der Waals surface area contributed by atoms with Crippen molar-refractivity contribution in [2.24, 2.45) is 0 Å². The zero-order valence-electron chi connectivity index (χ0n) is 14.1. The molecule has 0 aliphatic rings. The Hall–Kier alpha value is -2.44. The van der Waals surface area contributed by atoms with Crippen LogP contribution < -0.4 is 5.73 Å². The molecule has 136 valence electrons. The number of carbonyl (C=O) groups is 2. The predicted molar refractivity (Wildman–Crippen MR) is 113 cm³/mol. The molecule has 0 heterocycles. The van der Waals surface area contributed by atoms with Crippen LogP contribution in [0.3, 0.4) is 0 Å². The Bertz CT molecular complexity index is 963. The Kier molecular flexibility index (Phi) is 6.08. The fourth-order valence-electron chi connectivity index (χ4n) is 2.48. The van der Waals surface area contributed by atoms with Crippen LogP contribution in [0.5, 0.6) is 0 Å². The third kappa shape index (κ3) is 4.64. The first-order valence-electron chi connectivity index (χ1n) is 8.06. The molecule has 0 atom stereocenters. The molecule has 0 amide bonds. The third-order valence-corrected chi connectivity index (χ3v) is 5.28. The van der Waals surface area contributed by atoms with E-state index in [0.29, 0.717) is 25.8 Å². The van der Waals surface area contributed by atoms with Crippen molar-refractivity contribution >= 4 is 49.3 Å². The van der Waals surface area contributed by atoms with Crippen LogP contribution in [0.25, 0.3) is 11.1 Å². The Morgan fingerprint density at radius 1 is 0.815 bits per heavy atom. The lowest BCUT2D eigenvalue weighted by Gasteiger charge is -2.08. The fraction of sp³-hybridized carbons (Fsp3) is 0.0476. The van der Waals surface area contributed by atoms with Crippen molar-refractivity contribution in [1.82, 2.24) is 0 Å². The van der Waals surface area contributed by atoms with E-state index in [4.69, 9.17) is 10.5 Å². The molecular weight excluding hydrogens is 474 g/mol. The summed E-state index contributed by atoms with van der Waals surface area (Å²) in [7, 11) is 0. The van der Waals surface area contributed by atoms with Crippen molar-refractivity contribution < 1.29 is 14.3 Å². The highest BCUT2D eigenvalue weighted by atomic mass is 79.9. The first kappa shape index (κ1) is 19.3. The number of nitrogen functional groups attached to an aromatic ring is 1. The average Bonchev–Trinajstić information content (AvgIpc) is 2.70. The van der Waals surface area contributed by atoms with E-state index in [-0.39, 0.29) is 12.4 Å². The van der Waals surface area contributed by atoms with E-state index in [0.717, 1.165) is 11.1 Å². The number of ether oxygens (including phenoxy) is 1. The lowest BCUT2D eigenvalue weighted by molar-refractivity contribution is 0.0474. The summed E-state index contributed by atoms with van der Waals surface area (Å²) in [5.74, 6) is -0.859. The van der Waals surface area contributed by atoms with E-state index in [2.05, 4.69) is 31.9 Å². The maximum Gasteiger partial charge on any atom is 0.338 e. The van der Waals surface area contributed by atoms with Crippen LogP contribution in [0.1, 0.15) is 20.7 Å². The highest BCUT2D eigenvalue weighted by Crippen LogP contribution is 2.29. The molecular formula is C21H15Br2NO3. The fourth-order valence-corrected chi connectivity index (χ4v) is 3.67. The summed E-state index contributed by atoms with van der Waals surface area (Å²) in [5.41, 5.74) is 9.17. The minimum Gasteiger partial charge on any atom is -0.454 e. The quantitative estimate of drug-likeness (QED) is 0.292. The monoisotopic (exact) mass is 487 g/mol. The second kappa shape index (κ2) is 8.50. The number of hydrogen-bond acceptors (Lipinski definition) is 4. The number of rotatable bonds is 5. The smallest absolute Gasteiger partial charge is 0.338 e. The number of anilines is 1. The van der Waals surface area contributed by atoms with Crippen LogP contribution in [0.2, 0.25) is 0 Å². The second-order valence-corrected chi connectivity index (χ2v) is 7.50. The first-order chi connectivity index (χ1) is 13.0. The average molecular weight is 489 g/mol. The maximum absolute atomic E-state index is 12.3. The van der Waals surface area contributed by atoms with Gasteiger partial charge in [-0.05, 0) is 55.1 Å². The van der Waals surface area contributed by atoms with E-state index in [9.17, 15) is 9.59 Å². The highest BCUT2D eigenvalue weighted by molar-refractivity contribution is 9.11. The largest absolute Gasteiger partial charge is 0.454 e. The van der Waals surface area contributed by atoms with Gasteiger partial charge in [0.1, 0.15) is 0 Å². The van der Waals surface area contributed by atoms with E-state index in [1.807, 2.05) is 42.5 Å². The molecule has 0 fully saturated rings. The number of esters is 1. The summed E-state index contributed by atoms with van der Waals surface area (Å²) in [4.78, 5) is 24.5. The summed E-state index contributed by atoms with van der Waals surface area (Å²) in [6.45, 7) is -0.330. The molecule has 0 saturated carbocycles. The Balaban J connectivity index is 1.65. The molecule has 0 aromatic heterocycles. The Morgan fingerprint density at radius 3 is 1.96 bits per heavy atom. The van der Waals surface area contributed by atoms with Crippen molar-refractivity contribution in [3.05, 3.63) is 86.8 Å². The van der Waals surface area contributed by atoms with Gasteiger partial charge in [0.25, 0.3) is 0 Å². The van der Waals surface area contributed by atoms with Crippen LogP contribution in [-0.2, 0) is 4.74 Å². The van der Waals surface area contributed by atoms with Gasteiger partial charge < -0.3 is 10.5 Å². The zero-order chi connectivity index (χ0) is 19.4. The van der Waals surface area contributed by atoms with E-state index in [1.54, 1.807) is 24.3 Å². The molecule has 3 aromatic carbocycles. The standard InChI is InChI=1S/C21H15Br2NO3/c22-17-10-16(11-18(23)20(17)24)21(26)27-12-19(25)15-8-6-14(7-9-15)13-4-2-1-3-5-13/h1-11H,12,24H2. The van der Waals surface area contributed by atoms with E-state index < -0.39 is 5.97 Å². The van der Waals surface area contributed by atoms with Gasteiger partial charge in [-0.1, -0.05) is 54.6 Å². The van der Waals surface area contributed by atoms with Crippen LogP contribution in [-0.4, -0.2) is 18.4 Å². The summed E-state index contributed by atoms with van der Waals surface area (Å²) < 4.78 is 6.29. The molecule has 27 heavy (non-hydrogen) atoms. The molecule has 0 aliphatic carbocycles. The second-order valence-electron chi connectivity index (χ2n) is 5.80. The first-order valence-corrected chi connectivity index (χ1v) is 9.64. The van der Waals surface area contributed by atoms with Gasteiger partial charge in [-0.2, -0.15) is 0 Å². The summed E-state index contributed by atoms with van der Waals surface area (Å²) in [5, 5.41) is 0. The summed E-state index contributed by atoms with van der Waals surface area (Å²) in [6.07, 6.45) is 0. The van der Waals surface area contributed by atoms with Crippen molar-refractivity contribution in [2.75, 3.05) is 12.3 Å². The van der Waals surface area contributed by atoms with Crippen molar-refractivity contribution in [3.8, 4) is 11.1 Å². The van der Waals surface area contributed by atoms with Gasteiger partial charge in [-0.3, -0.25) is 4.79 Å². The number of halogens is 2. The van der Waals surface area contributed by atoms with Gasteiger partial charge in [0.15, 0.2) is 12.4 Å². The molecule has 0 saturated heterocycles. The predicted octanol–water partition coefficient (Wildman–Crippen LogP) is 5.50. The SMILES string of the molecule is Nc1c(Br)cc(C(=O)OCC(=O)c2ccc(-c3ccccc3)cc2)cc1Br. The van der Waals surface area contributed by atoms with Gasteiger partial charge >= 0.3 is 5.97 Å². The maximum atomic E-state index is 12.3. The van der Waals surface area contributed by atoms with Gasteiger partial charge in [0.05, 0.1) is 11.3 Å². The molecule has 4 nitrogen and oxygen atoms in total. The van der Waals surface area contributed by atoms with Crippen molar-refractivity contribution in [2.45, 2.75) is 0 Å². The highest BCUT2D eigenvalue weighted by Gasteiger charge is 2.15. The zero-order valence-corrected chi connectivity index (χ0v) is 17.3. The van der Waals surface area contributed by atoms with Crippen LogP contribution >= 0.6 is 31.9 Å². The Morgan fingerprint density at radius 2 is 1.37 bits per heavy atom. The molecule has 6 heteroatoms. The molecule has 3 rings (SSSR count). The minimum absolute atomic E-state index is 0.267. The van der Waals surface area contributed by atoms with E-state index in [1.165, 1.54) is 0 Å². The van der Waals surface area contributed by atoms with Gasteiger partial charge in [0, 0.05) is 14.5 Å². The topological polar surface area (TPSA) is 69.4 Å². The molecule has 0 aliphatic heterocycles. The number of ketones is 1. The Labute approximate surface area is 173 Å². The number of hydrogen-bond donors (Lipinski definition) is 1. The molecule has 0 spiro atoms. The molecule has 2 N–H and O–H groups in total. The van der Waals surface area contributed by atoms with Gasteiger partial charge in [-0.25, -0.2) is 4.79 Å². The minimum atomic E-state index is -0.592. The van der Waals surface area contributed by atoms with Crippen molar-refractivity contribution in [3.63, 3.8) is 0 Å². The van der Waals surface area contributed by atoms with Crippen LogP contribution in [0, 0.1) is 0 Å². The number of carbonyl (C=O) groups excluding carboxylic acids is 2. The lowest BCUT2D eigenvalue weighted by Crippen LogP contribution is -2.14.